The van der Waals surface area contributed by atoms with E-state index < -0.39 is 18.3 Å². The molecule has 0 amide bonds. The van der Waals surface area contributed by atoms with Gasteiger partial charge in [-0.15, -0.1) is 0 Å². The van der Waals surface area contributed by atoms with Crippen LogP contribution in [0, 0.1) is 13.8 Å². The summed E-state index contributed by atoms with van der Waals surface area (Å²) in [5.41, 5.74) is 15.8. The van der Waals surface area contributed by atoms with Gasteiger partial charge in [-0.3, -0.25) is 0 Å². The Bertz CT molecular complexity index is 2770. The van der Waals surface area contributed by atoms with Gasteiger partial charge in [0.05, 0.1) is 11.2 Å². The van der Waals surface area contributed by atoms with Crippen LogP contribution in [-0.2, 0) is 18.8 Å². The molecule has 9 rings (SSSR count). The van der Waals surface area contributed by atoms with E-state index in [2.05, 4.69) is 199 Å². The van der Waals surface area contributed by atoms with Crippen LogP contribution < -0.4 is 14.9 Å². The van der Waals surface area contributed by atoms with Crippen LogP contribution in [0.2, 0.25) is 0 Å². The minimum Gasteiger partial charge on any atom is -0.467 e. The Balaban J connectivity index is 0.000000188. The van der Waals surface area contributed by atoms with Gasteiger partial charge in [-0.1, -0.05) is 145 Å². The first kappa shape index (κ1) is 46.8. The molecule has 1 aliphatic rings. The third-order valence-electron chi connectivity index (χ3n) is 12.5. The fourth-order valence-corrected chi connectivity index (χ4v) is 8.31. The van der Waals surface area contributed by atoms with E-state index in [0.29, 0.717) is 5.75 Å². The number of benzene rings is 8. The van der Waals surface area contributed by atoms with Crippen LogP contribution >= 0.6 is 0 Å². The average Bonchev–Trinajstić information content (AvgIpc) is 3.59. The topological polar surface area (TPSA) is 55.4 Å². The van der Waals surface area contributed by atoms with E-state index in [9.17, 15) is 0 Å². The van der Waals surface area contributed by atoms with Gasteiger partial charge in [0.2, 0.25) is 0 Å². The SMILES string of the molecule is COCOc1c(B2OC(C)(C)C(C)(C)O2)cc(C)cc1-c1cc(-c2ccccc2)cc(-c2ccccc2)c1.COCOc1ccc(C)cc1-c1cc(-c2ccccc2)cc(-c2ccccc2)c1. The monoisotopic (exact) mass is 886 g/mol. The van der Waals surface area contributed by atoms with Crippen molar-refractivity contribution in [1.82, 2.24) is 0 Å². The van der Waals surface area contributed by atoms with Gasteiger partial charge < -0.3 is 28.3 Å². The summed E-state index contributed by atoms with van der Waals surface area (Å²) in [7, 11) is 2.71. The lowest BCUT2D eigenvalue weighted by Gasteiger charge is -2.32. The maximum Gasteiger partial charge on any atom is 0.498 e. The number of hydrogen-bond acceptors (Lipinski definition) is 6. The van der Waals surface area contributed by atoms with Gasteiger partial charge in [0.25, 0.3) is 0 Å². The van der Waals surface area contributed by atoms with Gasteiger partial charge in [0.1, 0.15) is 11.5 Å². The van der Waals surface area contributed by atoms with Gasteiger partial charge >= 0.3 is 7.12 Å². The Kier molecular flexibility index (Phi) is 14.5. The van der Waals surface area contributed by atoms with Crippen LogP contribution in [0.25, 0.3) is 66.8 Å². The quantitative estimate of drug-likeness (QED) is 0.0849. The predicted molar refractivity (Wildman–Crippen MR) is 276 cm³/mol. The van der Waals surface area contributed by atoms with E-state index in [-0.39, 0.29) is 13.6 Å². The first-order chi connectivity index (χ1) is 32.4. The molecule has 0 aliphatic carbocycles. The van der Waals surface area contributed by atoms with Crippen molar-refractivity contribution in [3.05, 3.63) is 199 Å². The van der Waals surface area contributed by atoms with Crippen LogP contribution in [0.15, 0.2) is 188 Å². The highest BCUT2D eigenvalue weighted by molar-refractivity contribution is 6.63. The zero-order valence-electron chi connectivity index (χ0n) is 39.8. The molecule has 8 aromatic rings. The molecule has 0 spiro atoms. The lowest BCUT2D eigenvalue weighted by molar-refractivity contribution is 0.00578. The number of hydrogen-bond donors (Lipinski definition) is 0. The lowest BCUT2D eigenvalue weighted by Crippen LogP contribution is -2.41. The summed E-state index contributed by atoms with van der Waals surface area (Å²) in [5.74, 6) is 1.53. The molecule has 0 N–H and O–H groups in total. The Hall–Kier alpha value is -6.74. The van der Waals surface area contributed by atoms with Crippen molar-refractivity contribution in [3.63, 3.8) is 0 Å². The molecule has 1 aliphatic heterocycles. The summed E-state index contributed by atoms with van der Waals surface area (Å²) < 4.78 is 35.5. The van der Waals surface area contributed by atoms with Gasteiger partial charge in [0.15, 0.2) is 13.6 Å². The molecular formula is C60H59BO6. The van der Waals surface area contributed by atoms with Crippen molar-refractivity contribution in [2.75, 3.05) is 27.8 Å². The molecule has 8 aromatic carbocycles. The third kappa shape index (κ3) is 10.9. The molecule has 0 atom stereocenters. The van der Waals surface area contributed by atoms with E-state index in [1.54, 1.807) is 14.2 Å². The molecule has 0 unspecified atom stereocenters. The molecular weight excluding hydrogens is 827 g/mol. The zero-order chi connectivity index (χ0) is 47.0. The van der Waals surface area contributed by atoms with Crippen LogP contribution in [0.5, 0.6) is 11.5 Å². The van der Waals surface area contributed by atoms with Gasteiger partial charge in [-0.2, -0.15) is 0 Å². The first-order valence-electron chi connectivity index (χ1n) is 22.8. The minimum atomic E-state index is -0.559. The van der Waals surface area contributed by atoms with Crippen LogP contribution in [-0.4, -0.2) is 46.1 Å². The minimum absolute atomic E-state index is 0.118. The van der Waals surface area contributed by atoms with E-state index in [1.165, 1.54) is 27.8 Å². The Morgan fingerprint density at radius 1 is 0.388 bits per heavy atom. The third-order valence-corrected chi connectivity index (χ3v) is 12.5. The van der Waals surface area contributed by atoms with E-state index >= 15 is 0 Å². The largest absolute Gasteiger partial charge is 0.498 e. The Labute approximate surface area is 397 Å². The molecule has 1 fully saturated rings. The molecule has 0 radical (unpaired) electrons. The van der Waals surface area contributed by atoms with Crippen molar-refractivity contribution in [3.8, 4) is 78.3 Å². The second-order valence-electron chi connectivity index (χ2n) is 18.0. The van der Waals surface area contributed by atoms with Crippen LogP contribution in [0.4, 0.5) is 0 Å². The fourth-order valence-electron chi connectivity index (χ4n) is 8.31. The van der Waals surface area contributed by atoms with Crippen molar-refractivity contribution < 1.29 is 28.3 Å². The standard InChI is InChI=1S/C33H35BO4.C27H24O2/c1-23-17-29(31(36-22-35-6)30(18-23)34-37-32(2,3)33(4,5)38-34)28-20-26(24-13-9-7-10-14-24)19-27(21-28)25-15-11-8-12-16-25;1-20-13-14-27(29-19-28-2)26(15-20)25-17-23(21-9-5-3-6-10-21)16-24(18-25)22-11-7-4-8-12-22/h7-21H,22H2,1-6H3;3-18H,19H2,1-2H3. The van der Waals surface area contributed by atoms with E-state index in [0.717, 1.165) is 61.3 Å². The maximum atomic E-state index is 6.46. The molecule has 338 valence electrons. The summed E-state index contributed by atoms with van der Waals surface area (Å²) in [6, 6.07) is 65.8. The first-order valence-corrected chi connectivity index (χ1v) is 22.8. The molecule has 0 saturated carbocycles. The normalized spacial score (nSPS) is 13.7. The number of methoxy groups -OCH3 is 2. The van der Waals surface area contributed by atoms with Gasteiger partial charge in [-0.25, -0.2) is 0 Å². The van der Waals surface area contributed by atoms with Gasteiger partial charge in [0, 0.05) is 30.8 Å². The molecule has 67 heavy (non-hydrogen) atoms. The van der Waals surface area contributed by atoms with E-state index in [1.807, 2.05) is 30.3 Å². The summed E-state index contributed by atoms with van der Waals surface area (Å²) >= 11 is 0. The lowest BCUT2D eigenvalue weighted by atomic mass is 9.75. The fraction of sp³-hybridized carbons (Fsp3) is 0.200. The highest BCUT2D eigenvalue weighted by Crippen LogP contribution is 2.42. The molecule has 0 bridgehead atoms. The molecule has 6 nitrogen and oxygen atoms in total. The number of ether oxygens (including phenoxy) is 4. The van der Waals surface area contributed by atoms with Gasteiger partial charge in [-0.05, 0) is 152 Å². The molecule has 7 heteroatoms. The summed E-state index contributed by atoms with van der Waals surface area (Å²) in [5, 5.41) is 0. The number of rotatable bonds is 13. The highest BCUT2D eigenvalue weighted by Gasteiger charge is 2.52. The second kappa shape index (κ2) is 20.8. The zero-order valence-corrected chi connectivity index (χ0v) is 39.8. The smallest absolute Gasteiger partial charge is 0.467 e. The summed E-state index contributed by atoms with van der Waals surface area (Å²) in [6.07, 6.45) is 0. The average molecular weight is 887 g/mol. The second-order valence-corrected chi connectivity index (χ2v) is 18.0. The van der Waals surface area contributed by atoms with Crippen molar-refractivity contribution >= 4 is 12.6 Å². The summed E-state index contributed by atoms with van der Waals surface area (Å²) in [6.45, 7) is 12.8. The van der Waals surface area contributed by atoms with Crippen LogP contribution in [0.3, 0.4) is 0 Å². The van der Waals surface area contributed by atoms with Crippen molar-refractivity contribution in [2.24, 2.45) is 0 Å². The van der Waals surface area contributed by atoms with E-state index in [4.69, 9.17) is 28.3 Å². The molecule has 0 aromatic heterocycles. The Morgan fingerprint density at radius 2 is 0.761 bits per heavy atom. The molecule has 1 heterocycles. The van der Waals surface area contributed by atoms with Crippen molar-refractivity contribution in [2.45, 2.75) is 52.7 Å². The highest BCUT2D eigenvalue weighted by atomic mass is 16.7. The maximum absolute atomic E-state index is 6.46. The Morgan fingerprint density at radius 3 is 1.18 bits per heavy atom. The van der Waals surface area contributed by atoms with Crippen LogP contribution in [0.1, 0.15) is 38.8 Å². The van der Waals surface area contributed by atoms with Crippen molar-refractivity contribution in [1.29, 1.82) is 0 Å². The predicted octanol–water partition coefficient (Wildman–Crippen LogP) is 14.3. The summed E-state index contributed by atoms with van der Waals surface area (Å²) in [4.78, 5) is 0. The molecule has 1 saturated heterocycles. The number of aryl methyl sites for hydroxylation is 2.